The van der Waals surface area contributed by atoms with E-state index in [1.54, 1.807) is 24.4 Å². The number of carbonyl (C=O) groups is 3. The molecule has 0 radical (unpaired) electrons. The lowest BCUT2D eigenvalue weighted by Gasteiger charge is -2.34. The van der Waals surface area contributed by atoms with E-state index in [2.05, 4.69) is 0 Å². The third-order valence-electron chi connectivity index (χ3n) is 3.12. The maximum atomic E-state index is 11.8. The lowest BCUT2D eigenvalue weighted by atomic mass is 10.3. The molecule has 0 aromatic heterocycles. The summed E-state index contributed by atoms with van der Waals surface area (Å²) in [6.07, 6.45) is 9.46. The molecule has 2 aliphatic heterocycles. The van der Waals surface area contributed by atoms with Gasteiger partial charge in [-0.3, -0.25) is 19.4 Å². The van der Waals surface area contributed by atoms with E-state index < -0.39 is 5.37 Å². The molecule has 2 amide bonds. The highest BCUT2D eigenvalue weighted by atomic mass is 32.2. The molecule has 0 aromatic carbocycles. The van der Waals surface area contributed by atoms with E-state index >= 15 is 0 Å². The second kappa shape index (κ2) is 7.31. The molecule has 2 aliphatic rings. The molecule has 1 fully saturated rings. The maximum Gasteiger partial charge on any atom is 0.317 e. The van der Waals surface area contributed by atoms with Crippen LogP contribution in [0.25, 0.3) is 0 Å². The van der Waals surface area contributed by atoms with E-state index in [0.717, 1.165) is 29.9 Å². The monoisotopic (exact) mass is 310 g/mol. The number of imide groups is 1. The molecule has 21 heavy (non-hydrogen) atoms. The quantitative estimate of drug-likeness (QED) is 0.553. The smallest absolute Gasteiger partial charge is 0.317 e. The first-order chi connectivity index (χ1) is 10.1. The molecule has 0 spiro atoms. The van der Waals surface area contributed by atoms with Crippen molar-refractivity contribution >= 4 is 29.8 Å². The van der Waals surface area contributed by atoms with Crippen molar-refractivity contribution in [2.24, 2.45) is 0 Å². The SMILES string of the molecule is CCCCC(=O)OSC1C=CC=CN1N1C(=O)CCC1=O. The number of rotatable bonds is 6. The van der Waals surface area contributed by atoms with Crippen LogP contribution in [0.5, 0.6) is 0 Å². The van der Waals surface area contributed by atoms with Gasteiger partial charge in [-0.1, -0.05) is 19.4 Å². The molecule has 2 heterocycles. The first-order valence-corrected chi connectivity index (χ1v) is 7.79. The molecule has 2 rings (SSSR count). The lowest BCUT2D eigenvalue weighted by molar-refractivity contribution is -0.153. The molecule has 7 heteroatoms. The fraction of sp³-hybridized carbons (Fsp3) is 0.500. The Labute approximate surface area is 128 Å². The van der Waals surface area contributed by atoms with Crippen LogP contribution in [0.2, 0.25) is 0 Å². The predicted octanol–water partition coefficient (Wildman–Crippen LogP) is 2.14. The van der Waals surface area contributed by atoms with Gasteiger partial charge in [0.25, 0.3) is 0 Å². The van der Waals surface area contributed by atoms with E-state index in [1.165, 1.54) is 5.01 Å². The number of unbranched alkanes of at least 4 members (excludes halogenated alkanes) is 1. The van der Waals surface area contributed by atoms with Crippen LogP contribution < -0.4 is 0 Å². The van der Waals surface area contributed by atoms with Gasteiger partial charge >= 0.3 is 5.97 Å². The van der Waals surface area contributed by atoms with Crippen molar-refractivity contribution < 1.29 is 18.6 Å². The van der Waals surface area contributed by atoms with Gasteiger partial charge in [0.2, 0.25) is 11.8 Å². The van der Waals surface area contributed by atoms with Crippen LogP contribution in [-0.4, -0.2) is 33.2 Å². The Bertz CT molecular complexity index is 473. The van der Waals surface area contributed by atoms with Crippen LogP contribution in [0.4, 0.5) is 0 Å². The summed E-state index contributed by atoms with van der Waals surface area (Å²) in [5.41, 5.74) is 0. The molecule has 1 saturated heterocycles. The highest BCUT2D eigenvalue weighted by molar-refractivity contribution is 7.95. The molecule has 0 saturated carbocycles. The zero-order valence-electron chi connectivity index (χ0n) is 11.9. The maximum absolute atomic E-state index is 11.8. The Morgan fingerprint density at radius 2 is 2.05 bits per heavy atom. The number of allylic oxidation sites excluding steroid dienone is 2. The number of hydrazine groups is 1. The zero-order chi connectivity index (χ0) is 15.2. The van der Waals surface area contributed by atoms with Gasteiger partial charge in [-0.05, 0) is 18.6 Å². The molecular formula is C14H18N2O4S. The van der Waals surface area contributed by atoms with Gasteiger partial charge < -0.3 is 4.18 Å². The van der Waals surface area contributed by atoms with Gasteiger partial charge in [0.1, 0.15) is 0 Å². The van der Waals surface area contributed by atoms with Crippen molar-refractivity contribution in [1.29, 1.82) is 0 Å². The number of hydrogen-bond acceptors (Lipinski definition) is 6. The summed E-state index contributed by atoms with van der Waals surface area (Å²) in [7, 11) is 0. The molecule has 6 nitrogen and oxygen atoms in total. The summed E-state index contributed by atoms with van der Waals surface area (Å²) in [4.78, 5) is 35.1. The molecule has 0 aromatic rings. The Morgan fingerprint density at radius 1 is 1.33 bits per heavy atom. The average molecular weight is 310 g/mol. The Hall–Kier alpha value is -1.76. The van der Waals surface area contributed by atoms with Gasteiger partial charge in [0.05, 0.1) is 12.0 Å². The van der Waals surface area contributed by atoms with Crippen molar-refractivity contribution in [3.8, 4) is 0 Å². The molecule has 1 unspecified atom stereocenters. The standard InChI is InChI=1S/C14H18N2O4S/c1-2-3-7-14(19)20-21-13-6-4-5-10-15(13)16-11(17)8-9-12(16)18/h4-6,10,13H,2-3,7-9H2,1H3. The molecule has 114 valence electrons. The fourth-order valence-electron chi connectivity index (χ4n) is 2.01. The minimum atomic E-state index is -0.411. The lowest BCUT2D eigenvalue weighted by Crippen LogP contribution is -2.47. The van der Waals surface area contributed by atoms with Crippen molar-refractivity contribution in [2.45, 2.75) is 44.4 Å². The zero-order valence-corrected chi connectivity index (χ0v) is 12.7. The first-order valence-electron chi connectivity index (χ1n) is 6.98. The van der Waals surface area contributed by atoms with Gasteiger partial charge in [-0.15, -0.1) is 0 Å². The normalized spacial score (nSPS) is 21.3. The highest BCUT2D eigenvalue weighted by Gasteiger charge is 2.36. The summed E-state index contributed by atoms with van der Waals surface area (Å²) < 4.78 is 5.15. The predicted molar refractivity (Wildman–Crippen MR) is 78.2 cm³/mol. The largest absolute Gasteiger partial charge is 0.389 e. The van der Waals surface area contributed by atoms with Crippen molar-refractivity contribution in [2.75, 3.05) is 0 Å². The summed E-state index contributed by atoms with van der Waals surface area (Å²) in [6, 6.07) is 0. The van der Waals surface area contributed by atoms with Crippen LogP contribution in [0.15, 0.2) is 24.4 Å². The van der Waals surface area contributed by atoms with Crippen LogP contribution in [-0.2, 0) is 18.6 Å². The Balaban J connectivity index is 1.95. The first kappa shape index (κ1) is 15.6. The summed E-state index contributed by atoms with van der Waals surface area (Å²) in [5.74, 6) is -0.755. The summed E-state index contributed by atoms with van der Waals surface area (Å²) in [5, 5.41) is 2.22. The summed E-state index contributed by atoms with van der Waals surface area (Å²) in [6.45, 7) is 2.00. The minimum absolute atomic E-state index is 0.223. The third kappa shape index (κ3) is 3.87. The van der Waals surface area contributed by atoms with E-state index in [9.17, 15) is 14.4 Å². The fourth-order valence-corrected chi connectivity index (χ4v) is 2.71. The van der Waals surface area contributed by atoms with Gasteiger partial charge in [0, 0.05) is 25.5 Å². The van der Waals surface area contributed by atoms with E-state index in [0.29, 0.717) is 6.42 Å². The van der Waals surface area contributed by atoms with Gasteiger partial charge in [-0.2, -0.15) is 5.01 Å². The van der Waals surface area contributed by atoms with Crippen molar-refractivity contribution in [3.05, 3.63) is 24.4 Å². The third-order valence-corrected chi connectivity index (χ3v) is 3.97. The Morgan fingerprint density at radius 3 is 2.71 bits per heavy atom. The number of hydrogen-bond donors (Lipinski definition) is 0. The van der Waals surface area contributed by atoms with E-state index in [1.807, 2.05) is 6.92 Å². The molecular weight excluding hydrogens is 292 g/mol. The van der Waals surface area contributed by atoms with E-state index in [-0.39, 0.29) is 30.6 Å². The van der Waals surface area contributed by atoms with Crippen LogP contribution >= 0.6 is 12.0 Å². The molecule has 0 bridgehead atoms. The van der Waals surface area contributed by atoms with Gasteiger partial charge in [-0.25, -0.2) is 0 Å². The van der Waals surface area contributed by atoms with E-state index in [4.69, 9.17) is 4.18 Å². The molecule has 0 N–H and O–H groups in total. The number of carbonyl (C=O) groups excluding carboxylic acids is 3. The average Bonchev–Trinajstić information content (AvgIpc) is 2.82. The van der Waals surface area contributed by atoms with Crippen molar-refractivity contribution in [1.82, 2.24) is 10.0 Å². The number of amides is 2. The topological polar surface area (TPSA) is 66.9 Å². The van der Waals surface area contributed by atoms with Crippen molar-refractivity contribution in [3.63, 3.8) is 0 Å². The summed E-state index contributed by atoms with van der Waals surface area (Å²) >= 11 is 0.947. The second-order valence-electron chi connectivity index (χ2n) is 4.75. The molecule has 0 aliphatic carbocycles. The highest BCUT2D eigenvalue weighted by Crippen LogP contribution is 2.27. The van der Waals surface area contributed by atoms with Crippen LogP contribution in [0.3, 0.4) is 0 Å². The van der Waals surface area contributed by atoms with Crippen LogP contribution in [0.1, 0.15) is 39.0 Å². The second-order valence-corrected chi connectivity index (χ2v) is 5.59. The van der Waals surface area contributed by atoms with Gasteiger partial charge in [0.15, 0.2) is 5.37 Å². The molecule has 1 atom stereocenters. The minimum Gasteiger partial charge on any atom is -0.389 e. The van der Waals surface area contributed by atoms with Crippen LogP contribution in [0, 0.1) is 0 Å². The Kier molecular flexibility index (Phi) is 5.44. The number of nitrogens with zero attached hydrogens (tertiary/aromatic N) is 2.